The molecule has 3 N–H and O–H groups in total. The van der Waals surface area contributed by atoms with Crippen molar-refractivity contribution in [1.82, 2.24) is 40.0 Å². The molecular weight excluding hydrogens is 487 g/mol. The normalized spacial score (nSPS) is 16.4. The number of anilines is 2. The number of carbonyl (C=O) groups excluding carboxylic acids is 1. The number of aromatic nitrogens is 7. The topological polar surface area (TPSA) is 132 Å². The molecule has 2 fully saturated rings. The lowest BCUT2D eigenvalue weighted by molar-refractivity contribution is -0.117. The summed E-state index contributed by atoms with van der Waals surface area (Å²) < 4.78 is 16.0. The van der Waals surface area contributed by atoms with Crippen molar-refractivity contribution in [1.29, 1.82) is 0 Å². The first kappa shape index (κ1) is 22.7. The first-order valence-corrected chi connectivity index (χ1v) is 12.6. The van der Waals surface area contributed by atoms with E-state index in [0.717, 1.165) is 50.2 Å². The van der Waals surface area contributed by atoms with Gasteiger partial charge in [0.2, 0.25) is 5.91 Å². The number of likely N-dealkylation sites (N-methyl/N-ethyl adjacent to an activating group) is 1. The maximum Gasteiger partial charge on any atom is 0.227 e. The summed E-state index contributed by atoms with van der Waals surface area (Å²) in [5.41, 5.74) is 4.21. The summed E-state index contributed by atoms with van der Waals surface area (Å²) in [4.78, 5) is 37.7. The van der Waals surface area contributed by atoms with Crippen molar-refractivity contribution < 1.29 is 9.18 Å². The standard InChI is InChI=1S/C26H25FN10O/c1-36-6-8-37(9-7-36)18-4-5-29-24-22(18)32-25(33-24)23-19-17(34-35-23)13-30-21(20(19)27)15-10-16(12-28-11-15)31-26(38)14-2-3-14/h4-5,10-14H,2-3,6-9H2,1H3,(H,31,38)(H,34,35)(H,29,32,33). The van der Waals surface area contributed by atoms with Crippen LogP contribution in [0, 0.1) is 11.7 Å². The summed E-state index contributed by atoms with van der Waals surface area (Å²) in [5.74, 6) is -0.126. The molecule has 12 heteroatoms. The Bertz CT molecular complexity index is 1680. The first-order valence-electron chi connectivity index (χ1n) is 12.6. The smallest absolute Gasteiger partial charge is 0.227 e. The Morgan fingerprint density at radius 3 is 2.76 bits per heavy atom. The largest absolute Gasteiger partial charge is 0.367 e. The number of nitrogens with zero attached hydrogens (tertiary/aromatic N) is 7. The number of amides is 1. The summed E-state index contributed by atoms with van der Waals surface area (Å²) in [6, 6.07) is 3.65. The maximum atomic E-state index is 16.0. The van der Waals surface area contributed by atoms with E-state index in [0.29, 0.717) is 33.9 Å². The summed E-state index contributed by atoms with van der Waals surface area (Å²) in [6.45, 7) is 3.73. The molecule has 0 radical (unpaired) electrons. The number of H-pyrrole nitrogens is 2. The summed E-state index contributed by atoms with van der Waals surface area (Å²) >= 11 is 0. The van der Waals surface area contributed by atoms with Crippen molar-refractivity contribution in [2.45, 2.75) is 12.8 Å². The Kier molecular flexibility index (Phi) is 5.28. The van der Waals surface area contributed by atoms with Gasteiger partial charge in [-0.25, -0.2) is 14.4 Å². The van der Waals surface area contributed by atoms with Crippen molar-refractivity contribution in [3.05, 3.63) is 42.7 Å². The van der Waals surface area contributed by atoms with Crippen LogP contribution in [0.4, 0.5) is 15.8 Å². The lowest BCUT2D eigenvalue weighted by Crippen LogP contribution is -2.44. The molecule has 0 aromatic carbocycles. The number of halogens is 1. The van der Waals surface area contributed by atoms with E-state index in [2.05, 4.69) is 57.3 Å². The Hall–Kier alpha value is -4.45. The van der Waals surface area contributed by atoms with Crippen LogP contribution in [0.5, 0.6) is 0 Å². The van der Waals surface area contributed by atoms with E-state index >= 15 is 4.39 Å². The number of nitrogens with one attached hydrogen (secondary N) is 3. The zero-order valence-electron chi connectivity index (χ0n) is 20.7. The van der Waals surface area contributed by atoms with Gasteiger partial charge in [-0.1, -0.05) is 0 Å². The second-order valence-electron chi connectivity index (χ2n) is 9.91. The van der Waals surface area contributed by atoms with Gasteiger partial charge in [0.05, 0.1) is 34.7 Å². The highest BCUT2D eigenvalue weighted by Crippen LogP contribution is 2.35. The number of piperazine rings is 1. The van der Waals surface area contributed by atoms with Gasteiger partial charge in [0.15, 0.2) is 17.3 Å². The number of fused-ring (bicyclic) bond motifs is 2. The van der Waals surface area contributed by atoms with Crippen LogP contribution in [0.15, 0.2) is 36.9 Å². The molecule has 11 nitrogen and oxygen atoms in total. The van der Waals surface area contributed by atoms with Gasteiger partial charge in [0, 0.05) is 50.1 Å². The summed E-state index contributed by atoms with van der Waals surface area (Å²) in [7, 11) is 2.12. The fourth-order valence-electron chi connectivity index (χ4n) is 4.90. The van der Waals surface area contributed by atoms with Gasteiger partial charge < -0.3 is 20.1 Å². The zero-order chi connectivity index (χ0) is 25.8. The van der Waals surface area contributed by atoms with Crippen LogP contribution in [-0.4, -0.2) is 79.2 Å². The number of hydrogen-bond acceptors (Lipinski definition) is 8. The Labute approximate surface area is 216 Å². The number of hydrogen-bond donors (Lipinski definition) is 3. The minimum Gasteiger partial charge on any atom is -0.367 e. The highest BCUT2D eigenvalue weighted by molar-refractivity contribution is 5.97. The average molecular weight is 513 g/mol. The molecule has 5 aromatic heterocycles. The van der Waals surface area contributed by atoms with E-state index in [1.54, 1.807) is 18.5 Å². The molecule has 1 aliphatic carbocycles. The van der Waals surface area contributed by atoms with E-state index in [1.807, 2.05) is 6.07 Å². The van der Waals surface area contributed by atoms with Crippen LogP contribution < -0.4 is 10.2 Å². The Balaban J connectivity index is 1.27. The molecule has 1 saturated heterocycles. The van der Waals surface area contributed by atoms with Crippen LogP contribution in [0.25, 0.3) is 44.8 Å². The molecule has 5 aromatic rings. The van der Waals surface area contributed by atoms with Crippen molar-refractivity contribution >= 4 is 39.3 Å². The Morgan fingerprint density at radius 1 is 1.11 bits per heavy atom. The molecule has 0 spiro atoms. The van der Waals surface area contributed by atoms with Crippen molar-refractivity contribution in [3.8, 4) is 22.8 Å². The van der Waals surface area contributed by atoms with E-state index in [-0.39, 0.29) is 22.9 Å². The fourth-order valence-corrected chi connectivity index (χ4v) is 4.90. The van der Waals surface area contributed by atoms with Crippen LogP contribution in [-0.2, 0) is 4.79 Å². The summed E-state index contributed by atoms with van der Waals surface area (Å²) in [6.07, 6.45) is 8.14. The fraction of sp³-hybridized carbons (Fsp3) is 0.308. The molecule has 1 amide bonds. The molecule has 0 unspecified atom stereocenters. The van der Waals surface area contributed by atoms with Gasteiger partial charge in [-0.15, -0.1) is 0 Å². The summed E-state index contributed by atoms with van der Waals surface area (Å²) in [5, 5.41) is 10.4. The quantitative estimate of drug-likeness (QED) is 0.327. The van der Waals surface area contributed by atoms with Crippen LogP contribution in [0.2, 0.25) is 0 Å². The third-order valence-corrected chi connectivity index (χ3v) is 7.21. The lowest BCUT2D eigenvalue weighted by atomic mass is 10.1. The molecule has 0 atom stereocenters. The van der Waals surface area contributed by atoms with E-state index in [9.17, 15) is 4.79 Å². The van der Waals surface area contributed by atoms with Gasteiger partial charge >= 0.3 is 0 Å². The zero-order valence-corrected chi connectivity index (χ0v) is 20.7. The van der Waals surface area contributed by atoms with Crippen LogP contribution in [0.1, 0.15) is 12.8 Å². The predicted octanol–water partition coefficient (Wildman–Crippen LogP) is 3.20. The van der Waals surface area contributed by atoms with Crippen molar-refractivity contribution in [3.63, 3.8) is 0 Å². The second-order valence-corrected chi connectivity index (χ2v) is 9.91. The highest BCUT2D eigenvalue weighted by Gasteiger charge is 2.30. The SMILES string of the molecule is CN1CCN(c2ccnc3nc(-c4n[nH]c5cnc(-c6cncc(NC(=O)C7CC7)c6)c(F)c45)[nH]c23)CC1. The number of imidazole rings is 1. The third-order valence-electron chi connectivity index (χ3n) is 7.21. The van der Waals surface area contributed by atoms with Gasteiger partial charge in [-0.2, -0.15) is 5.10 Å². The van der Waals surface area contributed by atoms with Crippen molar-refractivity contribution in [2.24, 2.45) is 5.92 Å². The highest BCUT2D eigenvalue weighted by atomic mass is 19.1. The van der Waals surface area contributed by atoms with Gasteiger partial charge in [0.25, 0.3) is 0 Å². The van der Waals surface area contributed by atoms with E-state index in [1.165, 1.54) is 12.4 Å². The monoisotopic (exact) mass is 512 g/mol. The van der Waals surface area contributed by atoms with E-state index in [4.69, 9.17) is 0 Å². The molecule has 192 valence electrons. The molecule has 2 aliphatic rings. The molecule has 1 saturated carbocycles. The van der Waals surface area contributed by atoms with E-state index < -0.39 is 5.82 Å². The van der Waals surface area contributed by atoms with Crippen LogP contribution >= 0.6 is 0 Å². The predicted molar refractivity (Wildman–Crippen MR) is 141 cm³/mol. The lowest BCUT2D eigenvalue weighted by Gasteiger charge is -2.34. The van der Waals surface area contributed by atoms with Crippen LogP contribution in [0.3, 0.4) is 0 Å². The minimum atomic E-state index is -0.550. The van der Waals surface area contributed by atoms with Crippen molar-refractivity contribution in [2.75, 3.05) is 43.4 Å². The number of aromatic amines is 2. The molecule has 1 aliphatic heterocycles. The first-order chi connectivity index (χ1) is 18.5. The number of rotatable bonds is 5. The number of carbonyl (C=O) groups is 1. The average Bonchev–Trinajstić information content (AvgIpc) is 3.54. The second kappa shape index (κ2) is 8.84. The molecule has 0 bridgehead atoms. The maximum absolute atomic E-state index is 16.0. The minimum absolute atomic E-state index is 0.0422. The molecule has 6 heterocycles. The van der Waals surface area contributed by atoms with Gasteiger partial charge in [-0.3, -0.25) is 19.9 Å². The van der Waals surface area contributed by atoms with Gasteiger partial charge in [-0.05, 0) is 32.0 Å². The Morgan fingerprint density at radius 2 is 1.95 bits per heavy atom. The molecule has 7 rings (SSSR count). The molecular formula is C26H25FN10O. The molecule has 38 heavy (non-hydrogen) atoms. The third kappa shape index (κ3) is 3.93. The number of pyridine rings is 3. The van der Waals surface area contributed by atoms with Gasteiger partial charge in [0.1, 0.15) is 16.9 Å².